The van der Waals surface area contributed by atoms with Gasteiger partial charge >= 0.3 is 13.8 Å². The molecule has 0 aliphatic rings. The largest absolute Gasteiger partial charge is 0.443 e. The van der Waals surface area contributed by atoms with Crippen LogP contribution >= 0.6 is 7.60 Å². The number of hydrogen-bond donors (Lipinski definition) is 1. The first-order valence-electron chi connectivity index (χ1n) is 7.04. The minimum Gasteiger partial charge on any atom is -0.402 e. The molecule has 120 valence electrons. The summed E-state index contributed by atoms with van der Waals surface area (Å²) >= 11 is 0. The van der Waals surface area contributed by atoms with E-state index in [0.717, 1.165) is 22.8 Å². The number of halogens is 2. The fourth-order valence-corrected chi connectivity index (χ4v) is 2.89. The Labute approximate surface area is 131 Å². The minimum atomic E-state index is -5.09. The number of rotatable bonds is 4. The molecule has 2 aromatic carbocycles. The number of nitrogens with zero attached hydrogens (tertiary/aromatic N) is 1. The van der Waals surface area contributed by atoms with Gasteiger partial charge in [-0.2, -0.15) is 8.78 Å². The summed E-state index contributed by atoms with van der Waals surface area (Å²) in [6.45, 7) is 1.95. The first-order chi connectivity index (χ1) is 10.9. The van der Waals surface area contributed by atoms with Crippen molar-refractivity contribution in [3.05, 3.63) is 48.0 Å². The molecule has 1 heterocycles. The van der Waals surface area contributed by atoms with E-state index < -0.39 is 13.8 Å². The smallest absolute Gasteiger partial charge is 0.402 e. The molecule has 0 radical (unpaired) electrons. The lowest BCUT2D eigenvalue weighted by Crippen LogP contribution is -2.03. The van der Waals surface area contributed by atoms with Crippen molar-refractivity contribution in [2.24, 2.45) is 0 Å². The van der Waals surface area contributed by atoms with Crippen LogP contribution in [0.1, 0.15) is 12.5 Å². The molecule has 3 rings (SSSR count). The second-order valence-electron chi connectivity index (χ2n) is 5.10. The van der Waals surface area contributed by atoms with E-state index in [1.54, 1.807) is 18.2 Å². The maximum Gasteiger partial charge on any atom is 0.443 e. The van der Waals surface area contributed by atoms with Crippen LogP contribution in [0.25, 0.3) is 21.7 Å². The normalized spacial score (nSPS) is 14.3. The van der Waals surface area contributed by atoms with E-state index in [4.69, 9.17) is 4.52 Å². The van der Waals surface area contributed by atoms with E-state index in [2.05, 4.69) is 4.98 Å². The molecule has 7 heteroatoms. The number of hydrogen-bond acceptors (Lipinski definition) is 3. The summed E-state index contributed by atoms with van der Waals surface area (Å²) in [5, 5.41) is 2.00. The standard InChI is InChI=1S/C16H14F2NO3P/c1-2-10-7-8-11-12-5-3-4-6-14(12)19-15(13(11)9-10)22-23(20,21)16(17)18/h3-9,16H,2H2,1H3,(H,20,21). The summed E-state index contributed by atoms with van der Waals surface area (Å²) < 4.78 is 41.7. The third-order valence-electron chi connectivity index (χ3n) is 3.60. The summed E-state index contributed by atoms with van der Waals surface area (Å²) in [5.74, 6) is -0.250. The Morgan fingerprint density at radius 2 is 1.91 bits per heavy atom. The minimum absolute atomic E-state index is 0.250. The zero-order chi connectivity index (χ0) is 16.6. The average Bonchev–Trinajstić information content (AvgIpc) is 2.54. The monoisotopic (exact) mass is 337 g/mol. The second-order valence-corrected chi connectivity index (χ2v) is 6.80. The van der Waals surface area contributed by atoms with Gasteiger partial charge in [0.25, 0.3) is 0 Å². The van der Waals surface area contributed by atoms with Crippen molar-refractivity contribution in [2.75, 3.05) is 0 Å². The van der Waals surface area contributed by atoms with Gasteiger partial charge in [-0.25, -0.2) is 9.55 Å². The molecule has 1 N–H and O–H groups in total. The van der Waals surface area contributed by atoms with Crippen molar-refractivity contribution in [3.8, 4) is 5.88 Å². The Balaban J connectivity index is 2.31. The molecule has 1 aromatic heterocycles. The molecule has 0 aliphatic carbocycles. The molecule has 3 aromatic rings. The van der Waals surface area contributed by atoms with Crippen LogP contribution in [0.15, 0.2) is 42.5 Å². The highest BCUT2D eigenvalue weighted by atomic mass is 31.2. The fraction of sp³-hybridized carbons (Fsp3) is 0.188. The van der Waals surface area contributed by atoms with Crippen molar-refractivity contribution >= 4 is 29.3 Å². The van der Waals surface area contributed by atoms with Gasteiger partial charge in [0.15, 0.2) is 0 Å². The van der Waals surface area contributed by atoms with Crippen molar-refractivity contribution in [3.63, 3.8) is 0 Å². The van der Waals surface area contributed by atoms with Crippen LogP contribution < -0.4 is 4.52 Å². The molecule has 0 saturated carbocycles. The Kier molecular flexibility index (Phi) is 4.04. The van der Waals surface area contributed by atoms with Crippen molar-refractivity contribution in [2.45, 2.75) is 19.5 Å². The number of para-hydroxylation sites is 1. The molecule has 0 saturated heterocycles. The summed E-state index contributed by atoms with van der Waals surface area (Å²) in [6, 6.07) is 12.6. The Morgan fingerprint density at radius 1 is 1.17 bits per heavy atom. The van der Waals surface area contributed by atoms with Gasteiger partial charge in [0.1, 0.15) is 0 Å². The van der Waals surface area contributed by atoms with Crippen LogP contribution in [0, 0.1) is 0 Å². The third-order valence-corrected chi connectivity index (χ3v) is 4.53. The van der Waals surface area contributed by atoms with Gasteiger partial charge in [-0.15, -0.1) is 0 Å². The van der Waals surface area contributed by atoms with E-state index in [1.807, 2.05) is 31.2 Å². The molecule has 23 heavy (non-hydrogen) atoms. The summed E-state index contributed by atoms with van der Waals surface area (Å²) in [7, 11) is -5.09. The predicted octanol–water partition coefficient (Wildman–Crippen LogP) is 4.74. The zero-order valence-corrected chi connectivity index (χ0v) is 13.1. The Bertz CT molecular complexity index is 930. The summed E-state index contributed by atoms with van der Waals surface area (Å²) in [6.07, 6.45) is -2.76. The number of aromatic nitrogens is 1. The molecular formula is C16H14F2NO3P. The average molecular weight is 337 g/mol. The van der Waals surface area contributed by atoms with Crippen LogP contribution in [0.5, 0.6) is 5.88 Å². The Hall–Kier alpha value is -2.04. The van der Waals surface area contributed by atoms with E-state index in [-0.39, 0.29) is 5.88 Å². The van der Waals surface area contributed by atoms with E-state index in [9.17, 15) is 18.2 Å². The van der Waals surface area contributed by atoms with Crippen molar-refractivity contribution < 1.29 is 22.8 Å². The quantitative estimate of drug-likeness (QED) is 0.552. The van der Waals surface area contributed by atoms with E-state index in [1.165, 1.54) is 0 Å². The summed E-state index contributed by atoms with van der Waals surface area (Å²) in [5.41, 5.74) is 1.46. The summed E-state index contributed by atoms with van der Waals surface area (Å²) in [4.78, 5) is 13.5. The van der Waals surface area contributed by atoms with Crippen molar-refractivity contribution in [1.29, 1.82) is 0 Å². The highest BCUT2D eigenvalue weighted by Gasteiger charge is 2.35. The number of benzene rings is 2. The molecule has 1 unspecified atom stereocenters. The maximum atomic E-state index is 12.7. The van der Waals surface area contributed by atoms with Gasteiger partial charge in [0, 0.05) is 10.8 Å². The number of aryl methyl sites for hydroxylation is 1. The van der Waals surface area contributed by atoms with Crippen LogP contribution in [0.3, 0.4) is 0 Å². The SMILES string of the molecule is CCc1ccc2c(c1)c(OP(=O)(O)C(F)F)nc1ccccc12. The van der Waals surface area contributed by atoms with Crippen LogP contribution in [0.4, 0.5) is 8.78 Å². The zero-order valence-electron chi connectivity index (χ0n) is 12.2. The molecule has 1 atom stereocenters. The van der Waals surface area contributed by atoms with Gasteiger partial charge in [-0.1, -0.05) is 37.3 Å². The van der Waals surface area contributed by atoms with Crippen LogP contribution in [-0.2, 0) is 11.0 Å². The van der Waals surface area contributed by atoms with Gasteiger partial charge in [-0.05, 0) is 29.5 Å². The first kappa shape index (κ1) is 15.8. The van der Waals surface area contributed by atoms with Gasteiger partial charge < -0.3 is 9.42 Å². The molecule has 0 aliphatic heterocycles. The number of alkyl halides is 2. The van der Waals surface area contributed by atoms with E-state index >= 15 is 0 Å². The molecule has 0 bridgehead atoms. The topological polar surface area (TPSA) is 59.4 Å². The van der Waals surface area contributed by atoms with E-state index in [0.29, 0.717) is 10.9 Å². The lowest BCUT2D eigenvalue weighted by molar-refractivity contribution is 0.187. The fourth-order valence-electron chi connectivity index (χ4n) is 2.42. The number of pyridine rings is 1. The lowest BCUT2D eigenvalue weighted by Gasteiger charge is -2.15. The van der Waals surface area contributed by atoms with Crippen LogP contribution in [0.2, 0.25) is 0 Å². The second kappa shape index (κ2) is 5.87. The molecule has 4 nitrogen and oxygen atoms in total. The van der Waals surface area contributed by atoms with Gasteiger partial charge in [-0.3, -0.25) is 0 Å². The highest BCUT2D eigenvalue weighted by Crippen LogP contribution is 2.50. The predicted molar refractivity (Wildman–Crippen MR) is 85.1 cm³/mol. The number of fused-ring (bicyclic) bond motifs is 3. The van der Waals surface area contributed by atoms with Crippen molar-refractivity contribution in [1.82, 2.24) is 4.98 Å². The molecule has 0 spiro atoms. The van der Waals surface area contributed by atoms with Gasteiger partial charge in [0.05, 0.1) is 5.52 Å². The molecular weight excluding hydrogens is 323 g/mol. The molecule has 0 fully saturated rings. The molecule has 0 amide bonds. The lowest BCUT2D eigenvalue weighted by atomic mass is 10.0. The third kappa shape index (κ3) is 2.92. The highest BCUT2D eigenvalue weighted by molar-refractivity contribution is 7.53. The van der Waals surface area contributed by atoms with Crippen LogP contribution in [-0.4, -0.2) is 16.0 Å². The maximum absolute atomic E-state index is 12.7. The van der Waals surface area contributed by atoms with Gasteiger partial charge in [0.2, 0.25) is 5.88 Å². The first-order valence-corrected chi connectivity index (χ1v) is 8.68. The Morgan fingerprint density at radius 3 is 2.61 bits per heavy atom.